The van der Waals surface area contributed by atoms with E-state index in [-0.39, 0.29) is 12.5 Å². The van der Waals surface area contributed by atoms with Gasteiger partial charge >= 0.3 is 0 Å². The molecule has 1 aliphatic rings. The molecule has 1 amide bonds. The SMILES string of the molecule is CN(C)C(=O)CNC(=NCc1ccccc1)NCC1CCN(c2ccncc2)CC1. The molecule has 1 aromatic carbocycles. The number of pyridine rings is 1. The van der Waals surface area contributed by atoms with Crippen molar-refractivity contribution in [2.75, 3.05) is 45.2 Å². The van der Waals surface area contributed by atoms with Gasteiger partial charge in [0.1, 0.15) is 0 Å². The second-order valence-electron chi connectivity index (χ2n) is 7.81. The largest absolute Gasteiger partial charge is 0.371 e. The first-order valence-electron chi connectivity index (χ1n) is 10.5. The van der Waals surface area contributed by atoms with Crippen LogP contribution in [0.15, 0.2) is 59.9 Å². The maximum absolute atomic E-state index is 12.0. The number of nitrogens with one attached hydrogen (secondary N) is 2. The van der Waals surface area contributed by atoms with Gasteiger partial charge in [-0.15, -0.1) is 0 Å². The Hall–Kier alpha value is -3.09. The van der Waals surface area contributed by atoms with Gasteiger partial charge in [0, 0.05) is 51.8 Å². The highest BCUT2D eigenvalue weighted by atomic mass is 16.2. The normalized spacial score (nSPS) is 15.0. The van der Waals surface area contributed by atoms with Gasteiger partial charge in [-0.05, 0) is 36.5 Å². The van der Waals surface area contributed by atoms with Gasteiger partial charge in [-0.2, -0.15) is 0 Å². The van der Waals surface area contributed by atoms with Gasteiger partial charge < -0.3 is 20.4 Å². The second kappa shape index (κ2) is 11.2. The minimum Gasteiger partial charge on any atom is -0.371 e. The topological polar surface area (TPSA) is 72.9 Å². The Kier molecular flexibility index (Phi) is 8.06. The summed E-state index contributed by atoms with van der Waals surface area (Å²) < 4.78 is 0. The third-order valence-electron chi connectivity index (χ3n) is 5.37. The van der Waals surface area contributed by atoms with Crippen LogP contribution in [0.5, 0.6) is 0 Å². The molecule has 0 saturated carbocycles. The van der Waals surface area contributed by atoms with Crippen LogP contribution in [-0.2, 0) is 11.3 Å². The molecule has 1 fully saturated rings. The molecular weight excluding hydrogens is 376 g/mol. The Bertz CT molecular complexity index is 801. The number of aliphatic imine (C=N–C) groups is 1. The van der Waals surface area contributed by atoms with Crippen molar-refractivity contribution >= 4 is 17.6 Å². The van der Waals surface area contributed by atoms with Crippen molar-refractivity contribution in [3.63, 3.8) is 0 Å². The summed E-state index contributed by atoms with van der Waals surface area (Å²) in [6.07, 6.45) is 5.94. The lowest BCUT2D eigenvalue weighted by Gasteiger charge is -2.33. The minimum absolute atomic E-state index is 0.0230. The fourth-order valence-electron chi connectivity index (χ4n) is 3.44. The summed E-state index contributed by atoms with van der Waals surface area (Å²) >= 11 is 0. The molecule has 0 radical (unpaired) electrons. The fourth-order valence-corrected chi connectivity index (χ4v) is 3.44. The first-order chi connectivity index (χ1) is 14.6. The number of nitrogens with zero attached hydrogens (tertiary/aromatic N) is 4. The highest BCUT2D eigenvalue weighted by molar-refractivity contribution is 5.86. The van der Waals surface area contributed by atoms with Crippen LogP contribution >= 0.6 is 0 Å². The van der Waals surface area contributed by atoms with Gasteiger partial charge in [0.05, 0.1) is 13.1 Å². The van der Waals surface area contributed by atoms with Crippen LogP contribution in [0.4, 0.5) is 5.69 Å². The van der Waals surface area contributed by atoms with E-state index < -0.39 is 0 Å². The number of hydrogen-bond donors (Lipinski definition) is 2. The van der Waals surface area contributed by atoms with Crippen molar-refractivity contribution in [1.29, 1.82) is 0 Å². The third kappa shape index (κ3) is 6.76. The molecule has 3 rings (SSSR count). The van der Waals surface area contributed by atoms with Crippen molar-refractivity contribution in [3.05, 3.63) is 60.4 Å². The first kappa shape index (κ1) is 21.6. The van der Waals surface area contributed by atoms with E-state index in [0.717, 1.165) is 38.0 Å². The minimum atomic E-state index is 0.0230. The molecule has 7 nitrogen and oxygen atoms in total. The predicted octanol–water partition coefficient (Wildman–Crippen LogP) is 2.12. The molecule has 7 heteroatoms. The first-order valence-corrected chi connectivity index (χ1v) is 10.5. The average molecular weight is 409 g/mol. The number of hydrogen-bond acceptors (Lipinski definition) is 4. The van der Waals surface area contributed by atoms with Crippen LogP contribution in [0.1, 0.15) is 18.4 Å². The summed E-state index contributed by atoms with van der Waals surface area (Å²) in [5.74, 6) is 1.29. The van der Waals surface area contributed by atoms with Crippen LogP contribution in [-0.4, -0.2) is 62.0 Å². The van der Waals surface area contributed by atoms with Crippen LogP contribution in [0, 0.1) is 5.92 Å². The van der Waals surface area contributed by atoms with Gasteiger partial charge in [0.15, 0.2) is 5.96 Å². The van der Waals surface area contributed by atoms with E-state index in [2.05, 4.69) is 49.8 Å². The summed E-state index contributed by atoms with van der Waals surface area (Å²) in [4.78, 5) is 24.7. The number of guanidine groups is 1. The number of carbonyl (C=O) groups excluding carboxylic acids is 1. The Balaban J connectivity index is 1.51. The molecule has 2 aromatic rings. The summed E-state index contributed by atoms with van der Waals surface area (Å²) in [5.41, 5.74) is 2.38. The maximum Gasteiger partial charge on any atom is 0.241 e. The van der Waals surface area contributed by atoms with Gasteiger partial charge in [-0.1, -0.05) is 30.3 Å². The standard InChI is InChI=1S/C23H32N6O/c1-28(2)22(30)18-27-23(25-16-19-6-4-3-5-7-19)26-17-20-10-14-29(15-11-20)21-8-12-24-13-9-21/h3-9,12-13,20H,10-11,14-18H2,1-2H3,(H2,25,26,27). The predicted molar refractivity (Wildman–Crippen MR) is 121 cm³/mol. The van der Waals surface area contributed by atoms with E-state index in [0.29, 0.717) is 18.4 Å². The Morgan fingerprint density at radius 3 is 2.47 bits per heavy atom. The van der Waals surface area contributed by atoms with Crippen LogP contribution in [0.2, 0.25) is 0 Å². The molecule has 1 saturated heterocycles. The van der Waals surface area contributed by atoms with Crippen molar-refractivity contribution in [2.45, 2.75) is 19.4 Å². The summed E-state index contributed by atoms with van der Waals surface area (Å²) in [6.45, 7) is 3.74. The number of amides is 1. The maximum atomic E-state index is 12.0. The van der Waals surface area contributed by atoms with Crippen molar-refractivity contribution in [2.24, 2.45) is 10.9 Å². The van der Waals surface area contributed by atoms with E-state index >= 15 is 0 Å². The summed E-state index contributed by atoms with van der Waals surface area (Å²) in [5, 5.41) is 6.62. The number of anilines is 1. The zero-order valence-electron chi connectivity index (χ0n) is 17.9. The van der Waals surface area contributed by atoms with E-state index in [1.165, 1.54) is 5.69 Å². The molecule has 1 aromatic heterocycles. The molecule has 0 spiro atoms. The number of aromatic nitrogens is 1. The van der Waals surface area contributed by atoms with Gasteiger partial charge in [0.25, 0.3) is 0 Å². The van der Waals surface area contributed by atoms with E-state index in [9.17, 15) is 4.79 Å². The van der Waals surface area contributed by atoms with Crippen molar-refractivity contribution in [1.82, 2.24) is 20.5 Å². The van der Waals surface area contributed by atoms with Crippen LogP contribution < -0.4 is 15.5 Å². The third-order valence-corrected chi connectivity index (χ3v) is 5.37. The fraction of sp³-hybridized carbons (Fsp3) is 0.435. The number of rotatable bonds is 7. The second-order valence-corrected chi connectivity index (χ2v) is 7.81. The van der Waals surface area contributed by atoms with E-state index in [1.807, 2.05) is 30.6 Å². The number of benzene rings is 1. The lowest BCUT2D eigenvalue weighted by atomic mass is 9.96. The van der Waals surface area contributed by atoms with Crippen molar-refractivity contribution in [3.8, 4) is 0 Å². The van der Waals surface area contributed by atoms with E-state index in [1.54, 1.807) is 19.0 Å². The van der Waals surface area contributed by atoms with Gasteiger partial charge in [-0.25, -0.2) is 4.99 Å². The van der Waals surface area contributed by atoms with E-state index in [4.69, 9.17) is 0 Å². The molecule has 0 unspecified atom stereocenters. The van der Waals surface area contributed by atoms with Crippen molar-refractivity contribution < 1.29 is 4.79 Å². The monoisotopic (exact) mass is 408 g/mol. The Morgan fingerprint density at radius 2 is 1.80 bits per heavy atom. The van der Waals surface area contributed by atoms with Crippen LogP contribution in [0.25, 0.3) is 0 Å². The molecule has 2 heterocycles. The number of likely N-dealkylation sites (N-methyl/N-ethyl adjacent to an activating group) is 1. The zero-order valence-corrected chi connectivity index (χ0v) is 17.9. The summed E-state index contributed by atoms with van der Waals surface area (Å²) in [6, 6.07) is 14.3. The molecule has 2 N–H and O–H groups in total. The Labute approximate surface area is 179 Å². The number of piperidine rings is 1. The average Bonchev–Trinajstić information content (AvgIpc) is 2.80. The molecule has 0 bridgehead atoms. The lowest BCUT2D eigenvalue weighted by Crippen LogP contribution is -2.45. The highest BCUT2D eigenvalue weighted by Gasteiger charge is 2.19. The molecule has 30 heavy (non-hydrogen) atoms. The summed E-state index contributed by atoms with van der Waals surface area (Å²) in [7, 11) is 3.52. The molecule has 160 valence electrons. The quantitative estimate of drug-likeness (QED) is 0.542. The smallest absolute Gasteiger partial charge is 0.241 e. The lowest BCUT2D eigenvalue weighted by molar-refractivity contribution is -0.127. The molecule has 0 aliphatic carbocycles. The van der Waals surface area contributed by atoms with Crippen LogP contribution in [0.3, 0.4) is 0 Å². The molecule has 1 aliphatic heterocycles. The van der Waals surface area contributed by atoms with Gasteiger partial charge in [-0.3, -0.25) is 9.78 Å². The highest BCUT2D eigenvalue weighted by Crippen LogP contribution is 2.22. The molecule has 0 atom stereocenters. The van der Waals surface area contributed by atoms with Gasteiger partial charge in [0.2, 0.25) is 5.91 Å². The number of carbonyl (C=O) groups is 1. The zero-order chi connectivity index (χ0) is 21.2. The Morgan fingerprint density at radius 1 is 1.10 bits per heavy atom. The molecular formula is C23H32N6O.